The third kappa shape index (κ3) is 5.33. The van der Waals surface area contributed by atoms with E-state index in [1.807, 2.05) is 20.8 Å². The van der Waals surface area contributed by atoms with E-state index in [0.717, 1.165) is 11.8 Å². The number of nitrogens with two attached hydrogens (primary N) is 1. The van der Waals surface area contributed by atoms with Crippen LogP contribution in [0.3, 0.4) is 0 Å². The SMILES string of the molecule is COc1cc(C#Cc2c(F)c(N)cc(C(C)(C)C)c2OC)ccc1NS(C)(=O)=O. The number of methoxy groups -OCH3 is 2. The van der Waals surface area contributed by atoms with Crippen molar-refractivity contribution >= 4 is 21.4 Å². The zero-order valence-corrected chi connectivity index (χ0v) is 18.1. The van der Waals surface area contributed by atoms with Crippen molar-refractivity contribution in [1.82, 2.24) is 0 Å². The Morgan fingerprint density at radius 2 is 1.76 bits per heavy atom. The number of hydrogen-bond donors (Lipinski definition) is 2. The van der Waals surface area contributed by atoms with Gasteiger partial charge in [0.25, 0.3) is 0 Å². The van der Waals surface area contributed by atoms with E-state index in [-0.39, 0.29) is 28.1 Å². The molecule has 0 aliphatic rings. The molecule has 0 bridgehead atoms. The van der Waals surface area contributed by atoms with E-state index in [0.29, 0.717) is 11.3 Å². The molecule has 0 fully saturated rings. The van der Waals surface area contributed by atoms with E-state index >= 15 is 0 Å². The molecular weight excluding hydrogens is 395 g/mol. The highest BCUT2D eigenvalue weighted by atomic mass is 32.2. The zero-order chi connectivity index (χ0) is 22.0. The lowest BCUT2D eigenvalue weighted by atomic mass is 9.84. The Morgan fingerprint density at radius 1 is 1.10 bits per heavy atom. The minimum absolute atomic E-state index is 0.00898. The van der Waals surface area contributed by atoms with Gasteiger partial charge in [0.1, 0.15) is 17.1 Å². The molecule has 0 heterocycles. The fourth-order valence-corrected chi connectivity index (χ4v) is 3.30. The Balaban J connectivity index is 2.58. The van der Waals surface area contributed by atoms with Crippen LogP contribution in [0.4, 0.5) is 15.8 Å². The Hall–Kier alpha value is -2.92. The van der Waals surface area contributed by atoms with Gasteiger partial charge < -0.3 is 15.2 Å². The van der Waals surface area contributed by atoms with Gasteiger partial charge in [-0.05, 0) is 29.7 Å². The summed E-state index contributed by atoms with van der Waals surface area (Å²) >= 11 is 0. The summed E-state index contributed by atoms with van der Waals surface area (Å²) in [5.41, 5.74) is 7.11. The average molecular weight is 421 g/mol. The molecule has 0 amide bonds. The maximum Gasteiger partial charge on any atom is 0.229 e. The van der Waals surface area contributed by atoms with E-state index in [9.17, 15) is 12.8 Å². The van der Waals surface area contributed by atoms with Gasteiger partial charge in [-0.3, -0.25) is 4.72 Å². The van der Waals surface area contributed by atoms with Gasteiger partial charge in [0.05, 0.1) is 31.9 Å². The summed E-state index contributed by atoms with van der Waals surface area (Å²) in [6.45, 7) is 5.91. The van der Waals surface area contributed by atoms with Crippen LogP contribution in [0, 0.1) is 17.7 Å². The third-order valence-electron chi connectivity index (χ3n) is 4.09. The van der Waals surface area contributed by atoms with Gasteiger partial charge in [0, 0.05) is 11.1 Å². The van der Waals surface area contributed by atoms with Crippen molar-refractivity contribution in [2.75, 3.05) is 30.9 Å². The first-order chi connectivity index (χ1) is 13.4. The Morgan fingerprint density at radius 3 is 2.28 bits per heavy atom. The fraction of sp³-hybridized carbons (Fsp3) is 0.333. The van der Waals surface area contributed by atoms with Gasteiger partial charge in [-0.15, -0.1) is 0 Å². The lowest BCUT2D eigenvalue weighted by molar-refractivity contribution is 0.393. The normalized spacial score (nSPS) is 11.4. The summed E-state index contributed by atoms with van der Waals surface area (Å²) in [5.74, 6) is 5.63. The molecule has 6 nitrogen and oxygen atoms in total. The van der Waals surface area contributed by atoms with Crippen LogP contribution in [0.15, 0.2) is 24.3 Å². The first-order valence-electron chi connectivity index (χ1n) is 8.71. The molecule has 8 heteroatoms. The molecule has 0 aliphatic heterocycles. The van der Waals surface area contributed by atoms with Gasteiger partial charge in [-0.1, -0.05) is 32.6 Å². The average Bonchev–Trinajstić information content (AvgIpc) is 2.61. The van der Waals surface area contributed by atoms with Crippen LogP contribution in [-0.2, 0) is 15.4 Å². The quantitative estimate of drug-likeness (QED) is 0.584. The molecule has 29 heavy (non-hydrogen) atoms. The standard InChI is InChI=1S/C21H25FN2O4S/c1-21(2,3)15-12-16(23)19(22)14(20(15)28-5)9-7-13-8-10-17(18(11-13)27-4)24-29(6,25)26/h8,10-12,24H,23H2,1-6H3. The van der Waals surface area contributed by atoms with Crippen molar-refractivity contribution in [1.29, 1.82) is 0 Å². The molecular formula is C21H25FN2O4S. The lowest BCUT2D eigenvalue weighted by Crippen LogP contribution is -2.15. The number of ether oxygens (including phenoxy) is 2. The molecule has 0 unspecified atom stereocenters. The number of sulfonamides is 1. The maximum atomic E-state index is 14.7. The smallest absolute Gasteiger partial charge is 0.229 e. The second-order valence-corrected chi connectivity index (χ2v) is 9.27. The zero-order valence-electron chi connectivity index (χ0n) is 17.3. The summed E-state index contributed by atoms with van der Waals surface area (Å²) in [6, 6.07) is 6.25. The van der Waals surface area contributed by atoms with Crippen LogP contribution in [0.2, 0.25) is 0 Å². The minimum Gasteiger partial charge on any atom is -0.495 e. The summed E-state index contributed by atoms with van der Waals surface area (Å²) < 4.78 is 50.6. The fourth-order valence-electron chi connectivity index (χ4n) is 2.73. The molecule has 2 aromatic carbocycles. The number of nitrogens with one attached hydrogen (secondary N) is 1. The molecule has 0 spiro atoms. The van der Waals surface area contributed by atoms with E-state index in [4.69, 9.17) is 15.2 Å². The third-order valence-corrected chi connectivity index (χ3v) is 4.68. The number of benzene rings is 2. The van der Waals surface area contributed by atoms with Gasteiger partial charge in [-0.2, -0.15) is 0 Å². The van der Waals surface area contributed by atoms with Crippen molar-refractivity contribution < 1.29 is 22.3 Å². The number of anilines is 2. The summed E-state index contributed by atoms with van der Waals surface area (Å²) in [7, 11) is -0.591. The highest BCUT2D eigenvalue weighted by molar-refractivity contribution is 7.92. The molecule has 2 aromatic rings. The van der Waals surface area contributed by atoms with Crippen LogP contribution in [0.25, 0.3) is 0 Å². The van der Waals surface area contributed by atoms with Crippen molar-refractivity contribution in [3.63, 3.8) is 0 Å². The van der Waals surface area contributed by atoms with Crippen LogP contribution < -0.4 is 19.9 Å². The van der Waals surface area contributed by atoms with Crippen molar-refractivity contribution in [2.45, 2.75) is 26.2 Å². The number of halogens is 1. The second-order valence-electron chi connectivity index (χ2n) is 7.52. The largest absolute Gasteiger partial charge is 0.495 e. The predicted octanol–water partition coefficient (Wildman–Crippen LogP) is 3.49. The number of nitrogen functional groups attached to an aromatic ring is 1. The highest BCUT2D eigenvalue weighted by Gasteiger charge is 2.24. The van der Waals surface area contributed by atoms with Crippen LogP contribution in [-0.4, -0.2) is 28.9 Å². The highest BCUT2D eigenvalue weighted by Crippen LogP contribution is 2.37. The van der Waals surface area contributed by atoms with Gasteiger partial charge in [0.15, 0.2) is 5.82 Å². The molecule has 0 saturated carbocycles. The van der Waals surface area contributed by atoms with Crippen LogP contribution in [0.5, 0.6) is 11.5 Å². The van der Waals surface area contributed by atoms with Gasteiger partial charge in [-0.25, -0.2) is 12.8 Å². The molecule has 0 saturated heterocycles. The Labute approximate surface area is 171 Å². The monoisotopic (exact) mass is 420 g/mol. The number of rotatable bonds is 4. The first-order valence-corrected chi connectivity index (χ1v) is 10.6. The van der Waals surface area contributed by atoms with Crippen LogP contribution >= 0.6 is 0 Å². The van der Waals surface area contributed by atoms with Crippen molar-refractivity contribution in [2.24, 2.45) is 0 Å². The van der Waals surface area contributed by atoms with E-state index < -0.39 is 15.8 Å². The predicted molar refractivity (Wildman–Crippen MR) is 114 cm³/mol. The van der Waals surface area contributed by atoms with E-state index in [1.165, 1.54) is 20.3 Å². The molecule has 0 radical (unpaired) electrons. The van der Waals surface area contributed by atoms with Gasteiger partial charge >= 0.3 is 0 Å². The van der Waals surface area contributed by atoms with Crippen LogP contribution in [0.1, 0.15) is 37.5 Å². The van der Waals surface area contributed by atoms with E-state index in [1.54, 1.807) is 18.2 Å². The summed E-state index contributed by atoms with van der Waals surface area (Å²) in [5, 5.41) is 0. The van der Waals surface area contributed by atoms with Crippen molar-refractivity contribution in [3.8, 4) is 23.3 Å². The number of hydrogen-bond acceptors (Lipinski definition) is 5. The second kappa shape index (κ2) is 8.21. The minimum atomic E-state index is -3.46. The molecule has 3 N–H and O–H groups in total. The van der Waals surface area contributed by atoms with E-state index in [2.05, 4.69) is 16.6 Å². The first kappa shape index (κ1) is 22.4. The van der Waals surface area contributed by atoms with Crippen molar-refractivity contribution in [3.05, 3.63) is 46.8 Å². The summed E-state index contributed by atoms with van der Waals surface area (Å²) in [6.07, 6.45) is 1.04. The topological polar surface area (TPSA) is 90.7 Å². The lowest BCUT2D eigenvalue weighted by Gasteiger charge is -2.24. The Kier molecular flexibility index (Phi) is 6.34. The molecule has 2 rings (SSSR count). The van der Waals surface area contributed by atoms with Gasteiger partial charge in [0.2, 0.25) is 10.0 Å². The molecule has 0 aromatic heterocycles. The molecule has 156 valence electrons. The Bertz CT molecular complexity index is 1090. The maximum absolute atomic E-state index is 14.7. The summed E-state index contributed by atoms with van der Waals surface area (Å²) in [4.78, 5) is 0. The molecule has 0 aliphatic carbocycles. The molecule has 0 atom stereocenters.